The highest BCUT2D eigenvalue weighted by atomic mass is 32.2. The van der Waals surface area contributed by atoms with Crippen molar-refractivity contribution in [3.63, 3.8) is 0 Å². The summed E-state index contributed by atoms with van der Waals surface area (Å²) in [5.41, 5.74) is 6.10. The van der Waals surface area contributed by atoms with Crippen LogP contribution in [0.2, 0.25) is 0 Å². The lowest BCUT2D eigenvalue weighted by Crippen LogP contribution is -2.11. The molecule has 0 bridgehead atoms. The molecule has 0 aliphatic carbocycles. The van der Waals surface area contributed by atoms with Gasteiger partial charge < -0.3 is 5.73 Å². The van der Waals surface area contributed by atoms with Crippen LogP contribution in [0.1, 0.15) is 12.0 Å². The maximum Gasteiger partial charge on any atom is 0.188 e. The van der Waals surface area contributed by atoms with Crippen LogP contribution >= 0.6 is 11.3 Å². The average Bonchev–Trinajstić information content (AvgIpc) is 2.48. The molecular formula is C8H13NO2S2. The van der Waals surface area contributed by atoms with Crippen LogP contribution in [0.3, 0.4) is 0 Å². The summed E-state index contributed by atoms with van der Waals surface area (Å²) in [4.78, 5) is 0. The second kappa shape index (κ2) is 4.21. The molecule has 0 radical (unpaired) electrons. The first-order chi connectivity index (χ1) is 6.08. The smallest absolute Gasteiger partial charge is 0.188 e. The first-order valence-electron chi connectivity index (χ1n) is 4.05. The van der Waals surface area contributed by atoms with E-state index in [2.05, 4.69) is 0 Å². The number of aryl methyl sites for hydroxylation is 1. The van der Waals surface area contributed by atoms with E-state index < -0.39 is 9.84 Å². The Morgan fingerprint density at radius 2 is 2.23 bits per heavy atom. The molecule has 74 valence electrons. The van der Waals surface area contributed by atoms with E-state index in [-0.39, 0.29) is 5.75 Å². The SMILES string of the molecule is Cc1ccsc1S(=O)(=O)CCCN. The topological polar surface area (TPSA) is 60.2 Å². The third-order valence-corrected chi connectivity index (χ3v) is 5.29. The van der Waals surface area contributed by atoms with Gasteiger partial charge in [0.1, 0.15) is 4.21 Å². The minimum Gasteiger partial charge on any atom is -0.330 e. The van der Waals surface area contributed by atoms with Crippen LogP contribution in [-0.4, -0.2) is 20.7 Å². The Hall–Kier alpha value is -0.390. The molecule has 0 unspecified atom stereocenters. The first-order valence-corrected chi connectivity index (χ1v) is 6.58. The molecular weight excluding hydrogens is 206 g/mol. The van der Waals surface area contributed by atoms with Gasteiger partial charge in [0, 0.05) is 0 Å². The largest absolute Gasteiger partial charge is 0.330 e. The Balaban J connectivity index is 2.88. The third kappa shape index (κ3) is 2.52. The number of hydrogen-bond donors (Lipinski definition) is 1. The molecule has 0 aliphatic rings. The minimum absolute atomic E-state index is 0.158. The van der Waals surface area contributed by atoms with Crippen molar-refractivity contribution in [3.8, 4) is 0 Å². The molecule has 1 aromatic heterocycles. The number of rotatable bonds is 4. The minimum atomic E-state index is -3.07. The van der Waals surface area contributed by atoms with Gasteiger partial charge in [0.2, 0.25) is 0 Å². The normalized spacial score (nSPS) is 11.8. The molecule has 1 heterocycles. The molecule has 0 aromatic carbocycles. The average molecular weight is 219 g/mol. The number of thiophene rings is 1. The van der Waals surface area contributed by atoms with E-state index in [1.54, 1.807) is 5.38 Å². The Morgan fingerprint density at radius 3 is 2.69 bits per heavy atom. The zero-order valence-corrected chi connectivity index (χ0v) is 9.12. The molecule has 0 spiro atoms. The zero-order chi connectivity index (χ0) is 9.90. The van der Waals surface area contributed by atoms with Gasteiger partial charge in [0.25, 0.3) is 0 Å². The van der Waals surface area contributed by atoms with Crippen LogP contribution < -0.4 is 5.73 Å². The van der Waals surface area contributed by atoms with Crippen LogP contribution in [0.5, 0.6) is 0 Å². The van der Waals surface area contributed by atoms with E-state index in [9.17, 15) is 8.42 Å². The summed E-state index contributed by atoms with van der Waals surface area (Å²) in [6, 6.07) is 1.82. The van der Waals surface area contributed by atoms with Gasteiger partial charge in [-0.3, -0.25) is 0 Å². The lowest BCUT2D eigenvalue weighted by Gasteiger charge is -2.01. The van der Waals surface area contributed by atoms with Crippen molar-refractivity contribution < 1.29 is 8.42 Å². The number of sulfone groups is 1. The molecule has 13 heavy (non-hydrogen) atoms. The van der Waals surface area contributed by atoms with Gasteiger partial charge in [-0.05, 0) is 36.9 Å². The van der Waals surface area contributed by atoms with E-state index in [4.69, 9.17) is 5.73 Å². The van der Waals surface area contributed by atoms with Crippen LogP contribution in [0.4, 0.5) is 0 Å². The number of nitrogens with two attached hydrogens (primary N) is 1. The van der Waals surface area contributed by atoms with Gasteiger partial charge in [0.15, 0.2) is 9.84 Å². The fourth-order valence-electron chi connectivity index (χ4n) is 1.04. The van der Waals surface area contributed by atoms with Crippen molar-refractivity contribution >= 4 is 21.2 Å². The van der Waals surface area contributed by atoms with E-state index >= 15 is 0 Å². The second-order valence-electron chi connectivity index (χ2n) is 2.85. The molecule has 3 nitrogen and oxygen atoms in total. The van der Waals surface area contributed by atoms with Gasteiger partial charge >= 0.3 is 0 Å². The van der Waals surface area contributed by atoms with Crippen molar-refractivity contribution in [2.24, 2.45) is 5.73 Å². The molecule has 0 saturated heterocycles. The highest BCUT2D eigenvalue weighted by Crippen LogP contribution is 2.23. The zero-order valence-electron chi connectivity index (χ0n) is 7.49. The molecule has 1 aromatic rings. The summed E-state index contributed by atoms with van der Waals surface area (Å²) < 4.78 is 23.7. The van der Waals surface area contributed by atoms with Crippen molar-refractivity contribution in [1.82, 2.24) is 0 Å². The van der Waals surface area contributed by atoms with E-state index in [0.29, 0.717) is 17.2 Å². The molecule has 2 N–H and O–H groups in total. The van der Waals surface area contributed by atoms with Crippen molar-refractivity contribution in [2.75, 3.05) is 12.3 Å². The predicted molar refractivity (Wildman–Crippen MR) is 54.8 cm³/mol. The van der Waals surface area contributed by atoms with Crippen LogP contribution in [-0.2, 0) is 9.84 Å². The van der Waals surface area contributed by atoms with Gasteiger partial charge in [-0.15, -0.1) is 11.3 Å². The lowest BCUT2D eigenvalue weighted by atomic mass is 10.4. The Labute approximate surface area is 82.5 Å². The Bertz CT molecular complexity index is 367. The molecule has 0 fully saturated rings. The maximum atomic E-state index is 11.6. The van der Waals surface area contributed by atoms with E-state index in [1.165, 1.54) is 11.3 Å². The van der Waals surface area contributed by atoms with Crippen LogP contribution in [0.15, 0.2) is 15.7 Å². The Morgan fingerprint density at radius 1 is 1.54 bits per heavy atom. The Kier molecular flexibility index (Phi) is 3.47. The monoisotopic (exact) mass is 219 g/mol. The van der Waals surface area contributed by atoms with Crippen molar-refractivity contribution in [2.45, 2.75) is 17.6 Å². The number of hydrogen-bond acceptors (Lipinski definition) is 4. The van der Waals surface area contributed by atoms with Gasteiger partial charge in [-0.25, -0.2) is 8.42 Å². The second-order valence-corrected chi connectivity index (χ2v) is 6.07. The van der Waals surface area contributed by atoms with Gasteiger partial charge in [0.05, 0.1) is 5.75 Å². The molecule has 0 atom stereocenters. The van der Waals surface area contributed by atoms with Gasteiger partial charge in [-0.1, -0.05) is 0 Å². The summed E-state index contributed by atoms with van der Waals surface area (Å²) >= 11 is 1.28. The fourth-order valence-corrected chi connectivity index (χ4v) is 3.99. The van der Waals surface area contributed by atoms with E-state index in [1.807, 2.05) is 13.0 Å². The van der Waals surface area contributed by atoms with Crippen LogP contribution in [0.25, 0.3) is 0 Å². The molecule has 0 amide bonds. The third-order valence-electron chi connectivity index (χ3n) is 1.71. The van der Waals surface area contributed by atoms with Crippen LogP contribution in [0, 0.1) is 6.92 Å². The molecule has 5 heteroatoms. The van der Waals surface area contributed by atoms with Crippen molar-refractivity contribution in [1.29, 1.82) is 0 Å². The lowest BCUT2D eigenvalue weighted by molar-refractivity contribution is 0.595. The standard InChI is InChI=1S/C8H13NO2S2/c1-7-3-5-12-8(7)13(10,11)6-2-4-9/h3,5H,2,4,6,9H2,1H3. The first kappa shape index (κ1) is 10.7. The summed E-state index contributed by atoms with van der Waals surface area (Å²) in [7, 11) is -3.07. The maximum absolute atomic E-state index is 11.6. The summed E-state index contributed by atoms with van der Waals surface area (Å²) in [6.45, 7) is 2.23. The van der Waals surface area contributed by atoms with Gasteiger partial charge in [-0.2, -0.15) is 0 Å². The molecule has 1 rings (SSSR count). The molecule has 0 saturated carbocycles. The fraction of sp³-hybridized carbons (Fsp3) is 0.500. The van der Waals surface area contributed by atoms with Crippen molar-refractivity contribution in [3.05, 3.63) is 17.0 Å². The van der Waals surface area contributed by atoms with E-state index in [0.717, 1.165) is 5.56 Å². The molecule has 0 aliphatic heterocycles. The quantitative estimate of drug-likeness (QED) is 0.827. The predicted octanol–water partition coefficient (Wildman–Crippen LogP) is 1.18. The highest BCUT2D eigenvalue weighted by molar-refractivity contribution is 7.93. The highest BCUT2D eigenvalue weighted by Gasteiger charge is 2.17. The summed E-state index contributed by atoms with van der Waals surface area (Å²) in [5.74, 6) is 0.158. The summed E-state index contributed by atoms with van der Waals surface area (Å²) in [6.07, 6.45) is 0.527. The summed E-state index contributed by atoms with van der Waals surface area (Å²) in [5, 5.41) is 1.80.